The zero-order valence-corrected chi connectivity index (χ0v) is 17.3. The number of hydrogen-bond donors (Lipinski definition) is 0. The largest absolute Gasteiger partial charge is 0.480 e. The van der Waals surface area contributed by atoms with Crippen LogP contribution < -0.4 is 9.47 Å². The number of carbonyl (C=O) groups excluding carboxylic acids is 1. The second-order valence-corrected chi connectivity index (χ2v) is 7.15. The summed E-state index contributed by atoms with van der Waals surface area (Å²) in [5, 5.41) is 1.40. The van der Waals surface area contributed by atoms with Crippen LogP contribution in [-0.2, 0) is 6.61 Å². The molecule has 0 amide bonds. The maximum Gasteiger partial charge on any atom is 0.224 e. The predicted octanol–water partition coefficient (Wildman–Crippen LogP) is 5.56. The third kappa shape index (κ3) is 4.55. The Hall–Kier alpha value is -2.34. The Morgan fingerprint density at radius 1 is 1.11 bits per heavy atom. The molecular weight excluding hydrogens is 423 g/mol. The fourth-order valence-corrected chi connectivity index (χ4v) is 3.29. The minimum atomic E-state index is -0.361. The van der Waals surface area contributed by atoms with Crippen LogP contribution >= 0.6 is 34.8 Å². The number of methoxy groups -OCH3 is 1. The number of carbonyl (C=O) groups is 1. The van der Waals surface area contributed by atoms with Crippen LogP contribution in [0.25, 0.3) is 0 Å². The first kappa shape index (κ1) is 20.4. The molecule has 0 bridgehead atoms. The molecule has 0 aliphatic rings. The Morgan fingerprint density at radius 2 is 1.82 bits per heavy atom. The second-order valence-electron chi connectivity index (χ2n) is 5.87. The van der Waals surface area contributed by atoms with Crippen LogP contribution in [0.15, 0.2) is 42.6 Å². The number of halogens is 3. The van der Waals surface area contributed by atoms with Gasteiger partial charge in [-0.15, -0.1) is 0 Å². The van der Waals surface area contributed by atoms with Crippen molar-refractivity contribution in [3.05, 3.63) is 80.0 Å². The van der Waals surface area contributed by atoms with Crippen molar-refractivity contribution < 1.29 is 14.3 Å². The highest BCUT2D eigenvalue weighted by atomic mass is 35.5. The Balaban J connectivity index is 1.85. The first-order chi connectivity index (χ1) is 13.4. The van der Waals surface area contributed by atoms with Gasteiger partial charge < -0.3 is 9.47 Å². The smallest absolute Gasteiger partial charge is 0.224 e. The summed E-state index contributed by atoms with van der Waals surface area (Å²) in [5.74, 6) is 0.114. The molecular formula is C20H15Cl3N2O3. The molecule has 0 atom stereocenters. The number of nitrogens with zero attached hydrogens (tertiary/aromatic N) is 2. The highest BCUT2D eigenvalue weighted by Crippen LogP contribution is 2.28. The van der Waals surface area contributed by atoms with Crippen LogP contribution in [0.4, 0.5) is 0 Å². The molecule has 8 heteroatoms. The molecule has 0 radical (unpaired) electrons. The van der Waals surface area contributed by atoms with Crippen molar-refractivity contribution in [1.29, 1.82) is 0 Å². The van der Waals surface area contributed by atoms with Crippen LogP contribution in [0.2, 0.25) is 15.1 Å². The molecule has 0 aliphatic carbocycles. The summed E-state index contributed by atoms with van der Waals surface area (Å²) < 4.78 is 10.9. The van der Waals surface area contributed by atoms with E-state index in [2.05, 4.69) is 9.97 Å². The fraction of sp³-hybridized carbons (Fsp3) is 0.150. The lowest BCUT2D eigenvalue weighted by Crippen LogP contribution is -2.10. The third-order valence-corrected chi connectivity index (χ3v) is 4.75. The summed E-state index contributed by atoms with van der Waals surface area (Å²) in [4.78, 5) is 21.3. The number of aromatic nitrogens is 2. The molecule has 144 valence electrons. The van der Waals surface area contributed by atoms with Crippen molar-refractivity contribution in [2.75, 3.05) is 7.11 Å². The van der Waals surface area contributed by atoms with Gasteiger partial charge in [0.2, 0.25) is 17.5 Å². The van der Waals surface area contributed by atoms with Crippen molar-refractivity contribution in [3.8, 4) is 11.8 Å². The van der Waals surface area contributed by atoms with E-state index in [0.717, 1.165) is 5.56 Å². The van der Waals surface area contributed by atoms with Gasteiger partial charge in [-0.2, -0.15) is 0 Å². The van der Waals surface area contributed by atoms with Gasteiger partial charge in [0.25, 0.3) is 0 Å². The van der Waals surface area contributed by atoms with Gasteiger partial charge in [-0.25, -0.2) is 9.97 Å². The first-order valence-electron chi connectivity index (χ1n) is 8.17. The van der Waals surface area contributed by atoms with E-state index in [4.69, 9.17) is 44.3 Å². The van der Waals surface area contributed by atoms with Crippen LogP contribution in [0, 0.1) is 6.92 Å². The maximum atomic E-state index is 13.0. The zero-order chi connectivity index (χ0) is 20.3. The Kier molecular flexibility index (Phi) is 6.39. The third-order valence-electron chi connectivity index (χ3n) is 3.93. The fourth-order valence-electron chi connectivity index (χ4n) is 2.58. The molecule has 0 unspecified atom stereocenters. The molecule has 2 aromatic heterocycles. The number of pyridine rings is 2. The molecule has 0 fully saturated rings. The predicted molar refractivity (Wildman–Crippen MR) is 109 cm³/mol. The average molecular weight is 438 g/mol. The van der Waals surface area contributed by atoms with E-state index in [1.54, 1.807) is 43.3 Å². The van der Waals surface area contributed by atoms with Crippen molar-refractivity contribution in [3.63, 3.8) is 0 Å². The van der Waals surface area contributed by atoms with Gasteiger partial charge in [0.15, 0.2) is 0 Å². The number of hydrogen-bond acceptors (Lipinski definition) is 5. The standard InChI is InChI=1S/C20H15Cl3N2O3/c1-11-15(23)9-24-20(27-2)18(11)19(26)16-4-3-5-17(25-16)28-10-12-6-13(21)8-14(22)7-12/h3-9H,10H2,1-2H3. The molecule has 2 heterocycles. The van der Waals surface area contributed by atoms with Crippen LogP contribution in [0.1, 0.15) is 27.2 Å². The molecule has 5 nitrogen and oxygen atoms in total. The molecule has 0 saturated heterocycles. The van der Waals surface area contributed by atoms with E-state index in [0.29, 0.717) is 20.6 Å². The van der Waals surface area contributed by atoms with Crippen molar-refractivity contribution in [1.82, 2.24) is 9.97 Å². The van der Waals surface area contributed by atoms with E-state index in [9.17, 15) is 4.79 Å². The zero-order valence-electron chi connectivity index (χ0n) is 15.0. The van der Waals surface area contributed by atoms with Crippen molar-refractivity contribution in [2.45, 2.75) is 13.5 Å². The van der Waals surface area contributed by atoms with Gasteiger partial charge in [-0.05, 0) is 42.3 Å². The van der Waals surface area contributed by atoms with Crippen LogP contribution in [0.3, 0.4) is 0 Å². The maximum absolute atomic E-state index is 13.0. The Labute approximate surface area is 177 Å². The molecule has 3 aromatic rings. The summed E-state index contributed by atoms with van der Waals surface area (Å²) >= 11 is 18.1. The van der Waals surface area contributed by atoms with E-state index in [1.807, 2.05) is 0 Å². The Morgan fingerprint density at radius 3 is 2.50 bits per heavy atom. The summed E-state index contributed by atoms with van der Waals surface area (Å²) in [6.07, 6.45) is 1.44. The van der Waals surface area contributed by atoms with Crippen molar-refractivity contribution in [2.24, 2.45) is 0 Å². The van der Waals surface area contributed by atoms with Crippen molar-refractivity contribution >= 4 is 40.6 Å². The number of ketones is 1. The number of rotatable bonds is 6. The summed E-state index contributed by atoms with van der Waals surface area (Å²) in [6, 6.07) is 10.1. The summed E-state index contributed by atoms with van der Waals surface area (Å²) in [6.45, 7) is 1.93. The molecule has 0 spiro atoms. The van der Waals surface area contributed by atoms with Crippen LogP contribution in [-0.4, -0.2) is 22.9 Å². The molecule has 3 rings (SSSR count). The van der Waals surface area contributed by atoms with E-state index < -0.39 is 0 Å². The number of benzene rings is 1. The first-order valence-corrected chi connectivity index (χ1v) is 9.31. The second kappa shape index (κ2) is 8.78. The molecule has 0 aliphatic heterocycles. The van der Waals surface area contributed by atoms with Gasteiger partial charge in [-0.1, -0.05) is 40.9 Å². The highest BCUT2D eigenvalue weighted by molar-refractivity contribution is 6.34. The molecule has 1 aromatic carbocycles. The lowest BCUT2D eigenvalue weighted by molar-refractivity contribution is 0.102. The normalized spacial score (nSPS) is 10.6. The SMILES string of the molecule is COc1ncc(Cl)c(C)c1C(=O)c1cccc(OCc2cc(Cl)cc(Cl)c2)n1. The lowest BCUT2D eigenvalue weighted by Gasteiger charge is -2.11. The summed E-state index contributed by atoms with van der Waals surface area (Å²) in [5.41, 5.74) is 1.81. The lowest BCUT2D eigenvalue weighted by atomic mass is 10.0. The minimum absolute atomic E-state index is 0.187. The van der Waals surface area contributed by atoms with Gasteiger partial charge in [0.1, 0.15) is 12.3 Å². The van der Waals surface area contributed by atoms with Gasteiger partial charge in [0.05, 0.1) is 17.7 Å². The monoisotopic (exact) mass is 436 g/mol. The molecule has 0 saturated carbocycles. The highest BCUT2D eigenvalue weighted by Gasteiger charge is 2.22. The average Bonchev–Trinajstić information content (AvgIpc) is 2.67. The molecule has 28 heavy (non-hydrogen) atoms. The quantitative estimate of drug-likeness (QED) is 0.472. The van der Waals surface area contributed by atoms with Crippen LogP contribution in [0.5, 0.6) is 11.8 Å². The summed E-state index contributed by atoms with van der Waals surface area (Å²) in [7, 11) is 1.44. The number of ether oxygens (including phenoxy) is 2. The Bertz CT molecular complexity index is 1020. The van der Waals surface area contributed by atoms with E-state index in [-0.39, 0.29) is 35.4 Å². The minimum Gasteiger partial charge on any atom is -0.480 e. The van der Waals surface area contributed by atoms with Gasteiger partial charge >= 0.3 is 0 Å². The topological polar surface area (TPSA) is 61.3 Å². The molecule has 0 N–H and O–H groups in total. The van der Waals surface area contributed by atoms with Gasteiger partial charge in [-0.3, -0.25) is 4.79 Å². The van der Waals surface area contributed by atoms with E-state index >= 15 is 0 Å². The van der Waals surface area contributed by atoms with E-state index in [1.165, 1.54) is 13.3 Å². The van der Waals surface area contributed by atoms with Gasteiger partial charge in [0, 0.05) is 22.3 Å².